The lowest BCUT2D eigenvalue weighted by atomic mass is 10.1. The molecule has 1 aliphatic carbocycles. The van der Waals surface area contributed by atoms with Crippen LogP contribution < -0.4 is 5.56 Å². The highest BCUT2D eigenvalue weighted by atomic mass is 16.1. The summed E-state index contributed by atoms with van der Waals surface area (Å²) < 4.78 is 5.35. The minimum atomic E-state index is -0.108. The Morgan fingerprint density at radius 3 is 2.60 bits per heavy atom. The quantitative estimate of drug-likeness (QED) is 0.512. The van der Waals surface area contributed by atoms with E-state index in [1.54, 1.807) is 9.08 Å². The van der Waals surface area contributed by atoms with Gasteiger partial charge in [-0.25, -0.2) is 4.98 Å². The summed E-state index contributed by atoms with van der Waals surface area (Å²) in [7, 11) is 0. The first kappa shape index (κ1) is 18.6. The Kier molecular flexibility index (Phi) is 4.58. The van der Waals surface area contributed by atoms with Crippen LogP contribution in [0.3, 0.4) is 0 Å². The number of benzene rings is 1. The Hall–Kier alpha value is -3.47. The average Bonchev–Trinajstić information content (AvgIpc) is 3.48. The summed E-state index contributed by atoms with van der Waals surface area (Å²) in [6.07, 6.45) is 4.63. The zero-order chi connectivity index (χ0) is 20.7. The number of rotatable bonds is 5. The van der Waals surface area contributed by atoms with E-state index in [-0.39, 0.29) is 12.0 Å². The Labute approximate surface area is 173 Å². The third-order valence-electron chi connectivity index (χ3n) is 5.96. The van der Waals surface area contributed by atoms with Gasteiger partial charge in [-0.1, -0.05) is 43.2 Å². The highest BCUT2D eigenvalue weighted by molar-refractivity contribution is 5.74. The molecule has 0 aliphatic heterocycles. The molecular formula is C22H23N7O. The van der Waals surface area contributed by atoms with Crippen molar-refractivity contribution in [2.45, 2.75) is 58.0 Å². The van der Waals surface area contributed by atoms with E-state index in [2.05, 4.69) is 32.9 Å². The monoisotopic (exact) mass is 401 g/mol. The predicted molar refractivity (Wildman–Crippen MR) is 112 cm³/mol. The van der Waals surface area contributed by atoms with Gasteiger partial charge in [-0.3, -0.25) is 9.36 Å². The topological polar surface area (TPSA) is 93.8 Å². The molecule has 4 aromatic rings. The molecule has 3 aromatic heterocycles. The number of nitrogens with zero attached hydrogens (tertiary/aromatic N) is 7. The van der Waals surface area contributed by atoms with E-state index < -0.39 is 0 Å². The fraction of sp³-hybridized carbons (Fsp3) is 0.409. The number of aryl methyl sites for hydroxylation is 1. The van der Waals surface area contributed by atoms with E-state index in [0.717, 1.165) is 24.2 Å². The van der Waals surface area contributed by atoms with Crippen LogP contribution in [0, 0.1) is 11.3 Å². The normalized spacial score (nSPS) is 14.7. The van der Waals surface area contributed by atoms with Crippen molar-refractivity contribution in [2.24, 2.45) is 0 Å². The molecule has 1 fully saturated rings. The van der Waals surface area contributed by atoms with Gasteiger partial charge in [0.15, 0.2) is 17.0 Å². The van der Waals surface area contributed by atoms with E-state index in [0.29, 0.717) is 41.8 Å². The lowest BCUT2D eigenvalue weighted by Gasteiger charge is -2.13. The SMILES string of the molecule is CCn1c(=O)c2c(nc(C3CCCC3)n2Cc2ccccc2)n2nc(CC#N)nc12. The van der Waals surface area contributed by atoms with Crippen LogP contribution in [-0.4, -0.2) is 28.7 Å². The fourth-order valence-corrected chi connectivity index (χ4v) is 4.55. The second-order valence-corrected chi connectivity index (χ2v) is 7.82. The van der Waals surface area contributed by atoms with Gasteiger partial charge in [0.05, 0.1) is 12.5 Å². The van der Waals surface area contributed by atoms with Crippen molar-refractivity contribution in [2.75, 3.05) is 0 Å². The van der Waals surface area contributed by atoms with Crippen molar-refractivity contribution in [1.29, 1.82) is 5.26 Å². The van der Waals surface area contributed by atoms with Crippen molar-refractivity contribution in [3.05, 3.63) is 57.9 Å². The number of imidazole rings is 1. The predicted octanol–water partition coefficient (Wildman–Crippen LogP) is 3.03. The molecule has 8 heteroatoms. The first-order valence-electron chi connectivity index (χ1n) is 10.5. The molecule has 0 spiro atoms. The first-order chi connectivity index (χ1) is 14.7. The maximum absolute atomic E-state index is 13.5. The molecule has 5 rings (SSSR count). The van der Waals surface area contributed by atoms with Gasteiger partial charge in [-0.15, -0.1) is 5.10 Å². The molecule has 0 radical (unpaired) electrons. The van der Waals surface area contributed by atoms with Crippen molar-refractivity contribution in [3.63, 3.8) is 0 Å². The van der Waals surface area contributed by atoms with Gasteiger partial charge < -0.3 is 4.57 Å². The zero-order valence-electron chi connectivity index (χ0n) is 17.0. The van der Waals surface area contributed by atoms with Crippen LogP contribution in [0.2, 0.25) is 0 Å². The van der Waals surface area contributed by atoms with Gasteiger partial charge in [-0.05, 0) is 25.3 Å². The van der Waals surface area contributed by atoms with Crippen LogP contribution in [0.25, 0.3) is 16.9 Å². The smallest absolute Gasteiger partial charge is 0.281 e. The summed E-state index contributed by atoms with van der Waals surface area (Å²) in [4.78, 5) is 22.9. The van der Waals surface area contributed by atoms with Gasteiger partial charge in [-0.2, -0.15) is 14.8 Å². The maximum Gasteiger partial charge on any atom is 0.281 e. The van der Waals surface area contributed by atoms with Crippen molar-refractivity contribution >= 4 is 16.9 Å². The maximum atomic E-state index is 13.5. The minimum absolute atomic E-state index is 0.0985. The molecule has 0 unspecified atom stereocenters. The van der Waals surface area contributed by atoms with Crippen molar-refractivity contribution in [1.82, 2.24) is 28.7 Å². The Morgan fingerprint density at radius 1 is 1.13 bits per heavy atom. The second-order valence-electron chi connectivity index (χ2n) is 7.82. The van der Waals surface area contributed by atoms with Crippen LogP contribution in [-0.2, 0) is 19.5 Å². The molecule has 8 nitrogen and oxygen atoms in total. The molecule has 0 amide bonds. The van der Waals surface area contributed by atoms with Crippen LogP contribution in [0.4, 0.5) is 0 Å². The second kappa shape index (κ2) is 7.41. The number of hydrogen-bond acceptors (Lipinski definition) is 5. The molecule has 1 aliphatic rings. The van der Waals surface area contributed by atoms with Crippen molar-refractivity contribution < 1.29 is 0 Å². The number of nitriles is 1. The van der Waals surface area contributed by atoms with Gasteiger partial charge in [0.25, 0.3) is 5.56 Å². The first-order valence-corrected chi connectivity index (χ1v) is 10.5. The third-order valence-corrected chi connectivity index (χ3v) is 5.96. The molecule has 0 N–H and O–H groups in total. The molecule has 30 heavy (non-hydrogen) atoms. The lowest BCUT2D eigenvalue weighted by molar-refractivity contribution is 0.616. The molecule has 3 heterocycles. The summed E-state index contributed by atoms with van der Waals surface area (Å²) in [5.74, 6) is 2.15. The Balaban J connectivity index is 1.83. The van der Waals surface area contributed by atoms with E-state index in [1.165, 1.54) is 12.8 Å². The van der Waals surface area contributed by atoms with Gasteiger partial charge in [0, 0.05) is 19.0 Å². The summed E-state index contributed by atoms with van der Waals surface area (Å²) in [5, 5.41) is 13.6. The lowest BCUT2D eigenvalue weighted by Crippen LogP contribution is -2.25. The standard InChI is InChI=1S/C22H23N7O/c1-2-27-21(30)18-20(29-22(27)24-17(26-29)12-13-23)25-19(16-10-6-7-11-16)28(18)14-15-8-4-3-5-9-15/h3-5,8-9,16H,2,6-7,10-12,14H2,1H3. The minimum Gasteiger partial charge on any atom is -0.317 e. The summed E-state index contributed by atoms with van der Waals surface area (Å²) >= 11 is 0. The van der Waals surface area contributed by atoms with Gasteiger partial charge in [0.1, 0.15) is 5.82 Å². The fourth-order valence-electron chi connectivity index (χ4n) is 4.55. The number of aromatic nitrogens is 6. The summed E-state index contributed by atoms with van der Waals surface area (Å²) in [5.41, 5.74) is 2.11. The number of fused-ring (bicyclic) bond motifs is 3. The van der Waals surface area contributed by atoms with Crippen LogP contribution >= 0.6 is 0 Å². The zero-order valence-corrected chi connectivity index (χ0v) is 17.0. The van der Waals surface area contributed by atoms with Gasteiger partial charge in [0.2, 0.25) is 5.78 Å². The number of hydrogen-bond donors (Lipinski definition) is 0. The molecule has 0 saturated heterocycles. The third kappa shape index (κ3) is 2.89. The summed E-state index contributed by atoms with van der Waals surface area (Å²) in [6, 6.07) is 12.2. The van der Waals surface area contributed by atoms with E-state index in [9.17, 15) is 4.79 Å². The van der Waals surface area contributed by atoms with E-state index >= 15 is 0 Å². The summed E-state index contributed by atoms with van der Waals surface area (Å²) in [6.45, 7) is 2.98. The van der Waals surface area contributed by atoms with E-state index in [4.69, 9.17) is 10.2 Å². The van der Waals surface area contributed by atoms with Gasteiger partial charge >= 0.3 is 0 Å². The molecule has 1 aromatic carbocycles. The molecule has 1 saturated carbocycles. The van der Waals surface area contributed by atoms with Crippen LogP contribution in [0.15, 0.2) is 35.1 Å². The highest BCUT2D eigenvalue weighted by Gasteiger charge is 2.28. The molecule has 0 atom stereocenters. The molecule has 0 bridgehead atoms. The van der Waals surface area contributed by atoms with Crippen molar-refractivity contribution in [3.8, 4) is 6.07 Å². The largest absolute Gasteiger partial charge is 0.317 e. The van der Waals surface area contributed by atoms with E-state index in [1.807, 2.05) is 25.1 Å². The average molecular weight is 401 g/mol. The highest BCUT2D eigenvalue weighted by Crippen LogP contribution is 2.35. The van der Waals surface area contributed by atoms with Crippen LogP contribution in [0.1, 0.15) is 55.7 Å². The Bertz CT molecular complexity index is 1320. The van der Waals surface area contributed by atoms with Crippen LogP contribution in [0.5, 0.6) is 0 Å². The molecular weight excluding hydrogens is 378 g/mol. The molecule has 152 valence electrons. The Morgan fingerprint density at radius 2 is 1.90 bits per heavy atom.